The van der Waals surface area contributed by atoms with E-state index in [1.807, 2.05) is 30.3 Å². The minimum atomic E-state index is -0.144. The highest BCUT2D eigenvalue weighted by Gasteiger charge is 2.23. The van der Waals surface area contributed by atoms with Gasteiger partial charge in [-0.1, -0.05) is 121 Å². The smallest absolute Gasteiger partial charge is 0.146 e. The maximum atomic E-state index is 9.58. The van der Waals surface area contributed by atoms with Crippen LogP contribution in [0.2, 0.25) is 0 Å². The third-order valence-electron chi connectivity index (χ3n) is 9.70. The fraction of sp³-hybridized carbons (Fsp3) is 0.0444. The zero-order valence-corrected chi connectivity index (χ0v) is 26.5. The predicted molar refractivity (Wildman–Crippen MR) is 200 cm³/mol. The summed E-state index contributed by atoms with van der Waals surface area (Å²) in [7, 11) is 0. The molecular formula is C45H28N4. The van der Waals surface area contributed by atoms with E-state index in [2.05, 4.69) is 138 Å². The Morgan fingerprint density at radius 2 is 1.27 bits per heavy atom. The third kappa shape index (κ3) is 4.78. The second kappa shape index (κ2) is 11.5. The molecule has 0 saturated heterocycles. The normalized spacial score (nSPS) is 14.2. The van der Waals surface area contributed by atoms with Crippen LogP contribution in [-0.2, 0) is 0 Å². The van der Waals surface area contributed by atoms with E-state index in [1.165, 1.54) is 21.9 Å². The molecule has 2 heterocycles. The molecule has 0 spiro atoms. The van der Waals surface area contributed by atoms with Gasteiger partial charge in [0.25, 0.3) is 0 Å². The van der Waals surface area contributed by atoms with Gasteiger partial charge in [0.05, 0.1) is 40.5 Å². The Hall–Kier alpha value is -6.75. The molecule has 6 aromatic carbocycles. The van der Waals surface area contributed by atoms with E-state index in [0.717, 1.165) is 61.0 Å². The summed E-state index contributed by atoms with van der Waals surface area (Å²) >= 11 is 0. The number of benzene rings is 6. The summed E-state index contributed by atoms with van der Waals surface area (Å²) in [6.45, 7) is 0. The molecular weight excluding hydrogens is 597 g/mol. The van der Waals surface area contributed by atoms with Crippen molar-refractivity contribution in [2.75, 3.05) is 0 Å². The van der Waals surface area contributed by atoms with Crippen LogP contribution >= 0.6 is 0 Å². The highest BCUT2D eigenvalue weighted by Crippen LogP contribution is 2.40. The van der Waals surface area contributed by atoms with Gasteiger partial charge >= 0.3 is 0 Å². The topological polar surface area (TPSA) is 64.9 Å². The molecule has 0 aliphatic heterocycles. The van der Waals surface area contributed by atoms with Crippen molar-refractivity contribution in [3.05, 3.63) is 163 Å². The van der Waals surface area contributed by atoms with Gasteiger partial charge < -0.3 is 0 Å². The number of hydrogen-bond donors (Lipinski definition) is 0. The van der Waals surface area contributed by atoms with Crippen LogP contribution in [0.25, 0.3) is 77.2 Å². The first-order valence-electron chi connectivity index (χ1n) is 16.4. The van der Waals surface area contributed by atoms with Gasteiger partial charge in [-0.25, -0.2) is 4.98 Å². The minimum Gasteiger partial charge on any atom is -0.291 e. The van der Waals surface area contributed by atoms with E-state index >= 15 is 0 Å². The summed E-state index contributed by atoms with van der Waals surface area (Å²) in [6.07, 6.45) is 6.84. The van der Waals surface area contributed by atoms with Crippen LogP contribution in [0.1, 0.15) is 17.7 Å². The molecule has 228 valence electrons. The molecule has 49 heavy (non-hydrogen) atoms. The van der Waals surface area contributed by atoms with Crippen molar-refractivity contribution in [1.82, 2.24) is 9.38 Å². The van der Waals surface area contributed by atoms with Crippen LogP contribution in [-0.4, -0.2) is 9.38 Å². The average Bonchev–Trinajstić information content (AvgIpc) is 3.59. The molecule has 0 N–H and O–H groups in total. The van der Waals surface area contributed by atoms with E-state index in [0.29, 0.717) is 12.0 Å². The van der Waals surface area contributed by atoms with Crippen molar-refractivity contribution in [1.29, 1.82) is 10.5 Å². The van der Waals surface area contributed by atoms with Crippen LogP contribution in [0.3, 0.4) is 0 Å². The van der Waals surface area contributed by atoms with Crippen molar-refractivity contribution < 1.29 is 0 Å². The molecule has 0 amide bonds. The van der Waals surface area contributed by atoms with Crippen LogP contribution in [0, 0.1) is 28.6 Å². The lowest BCUT2D eigenvalue weighted by atomic mass is 9.94. The summed E-state index contributed by atoms with van der Waals surface area (Å²) in [5.74, 6) is -0.144. The Bertz CT molecular complexity index is 2750. The van der Waals surface area contributed by atoms with Crippen LogP contribution < -0.4 is 0 Å². The molecule has 9 rings (SSSR count). The zero-order valence-electron chi connectivity index (χ0n) is 26.5. The summed E-state index contributed by atoms with van der Waals surface area (Å²) in [5.41, 5.74) is 11.0. The summed E-state index contributed by atoms with van der Waals surface area (Å²) in [4.78, 5) is 5.31. The third-order valence-corrected chi connectivity index (χ3v) is 9.70. The monoisotopic (exact) mass is 624 g/mol. The molecule has 1 atom stereocenters. The van der Waals surface area contributed by atoms with Crippen molar-refractivity contribution in [3.63, 3.8) is 0 Å². The lowest BCUT2D eigenvalue weighted by molar-refractivity contribution is 0.840. The van der Waals surface area contributed by atoms with Gasteiger partial charge in [0, 0.05) is 16.3 Å². The highest BCUT2D eigenvalue weighted by molar-refractivity contribution is 6.14. The van der Waals surface area contributed by atoms with Gasteiger partial charge in [0.15, 0.2) is 0 Å². The van der Waals surface area contributed by atoms with Crippen molar-refractivity contribution in [2.24, 2.45) is 5.92 Å². The van der Waals surface area contributed by atoms with E-state index in [1.54, 1.807) is 0 Å². The first-order chi connectivity index (χ1) is 24.2. The predicted octanol–water partition coefficient (Wildman–Crippen LogP) is 11.1. The van der Waals surface area contributed by atoms with Crippen LogP contribution in [0.5, 0.6) is 0 Å². The molecule has 1 aliphatic carbocycles. The standard InChI is InChI=1S/C45H28N4/c46-27-29-9-13-34(14-10-29)43-44(35-15-11-30(28-47)12-16-35)49-42-24-23-38(26-41(42)39-7-3-4-8-40(39)45(49)48-43)33-19-17-32(18-20-33)37-22-21-31-5-1-2-6-36(31)25-37/h1-11,13-26,30H,12H2. The number of rotatable bonds is 4. The number of aromatic nitrogens is 2. The number of pyridine rings is 1. The van der Waals surface area contributed by atoms with Gasteiger partial charge in [-0.15, -0.1) is 0 Å². The minimum absolute atomic E-state index is 0.144. The summed E-state index contributed by atoms with van der Waals surface area (Å²) in [6, 6.07) is 51.3. The molecule has 4 nitrogen and oxygen atoms in total. The molecule has 8 aromatic rings. The Balaban J connectivity index is 1.23. The number of nitrogens with zero attached hydrogens (tertiary/aromatic N) is 4. The maximum Gasteiger partial charge on any atom is 0.146 e. The molecule has 0 fully saturated rings. The van der Waals surface area contributed by atoms with E-state index in [4.69, 9.17) is 4.98 Å². The summed E-state index contributed by atoms with van der Waals surface area (Å²) < 4.78 is 2.28. The second-order valence-electron chi connectivity index (χ2n) is 12.6. The SMILES string of the molecule is N#Cc1ccc(-c2nc3c4ccccc4c4cc(-c5ccc(-c6ccc7ccccc7c6)cc5)ccc4n3c2C2=CCC(C#N)C=C2)cc1. The van der Waals surface area contributed by atoms with Gasteiger partial charge in [-0.3, -0.25) is 4.40 Å². The van der Waals surface area contributed by atoms with Gasteiger partial charge in [-0.2, -0.15) is 10.5 Å². The molecule has 0 saturated carbocycles. The first-order valence-corrected chi connectivity index (χ1v) is 16.4. The average molecular weight is 625 g/mol. The molecule has 0 radical (unpaired) electrons. The Kier molecular flexibility index (Phi) is 6.68. The lowest BCUT2D eigenvalue weighted by Crippen LogP contribution is -2.01. The number of hydrogen-bond acceptors (Lipinski definition) is 3. The molecule has 1 unspecified atom stereocenters. The van der Waals surface area contributed by atoms with Crippen LogP contribution in [0.4, 0.5) is 0 Å². The van der Waals surface area contributed by atoms with Gasteiger partial charge in [0.1, 0.15) is 5.65 Å². The van der Waals surface area contributed by atoms with Crippen molar-refractivity contribution in [3.8, 4) is 45.6 Å². The Morgan fingerprint density at radius 3 is 1.98 bits per heavy atom. The zero-order chi connectivity index (χ0) is 32.9. The number of allylic oxidation sites excluding steroid dienone is 4. The Labute approximate surface area is 283 Å². The van der Waals surface area contributed by atoms with Crippen molar-refractivity contribution >= 4 is 43.7 Å². The van der Waals surface area contributed by atoms with Gasteiger partial charge in [0.2, 0.25) is 0 Å². The fourth-order valence-electron chi connectivity index (χ4n) is 7.16. The maximum absolute atomic E-state index is 9.58. The number of nitriles is 2. The van der Waals surface area contributed by atoms with E-state index < -0.39 is 0 Å². The molecule has 1 aliphatic rings. The number of imidazole rings is 1. The van der Waals surface area contributed by atoms with Gasteiger partial charge in [-0.05, 0) is 80.7 Å². The first kappa shape index (κ1) is 28.5. The fourth-order valence-corrected chi connectivity index (χ4v) is 7.16. The lowest BCUT2D eigenvalue weighted by Gasteiger charge is -2.15. The van der Waals surface area contributed by atoms with Crippen molar-refractivity contribution in [2.45, 2.75) is 6.42 Å². The second-order valence-corrected chi connectivity index (χ2v) is 12.6. The summed E-state index contributed by atoms with van der Waals surface area (Å²) in [5, 5.41) is 24.8. The Morgan fingerprint density at radius 1 is 0.612 bits per heavy atom. The number of fused-ring (bicyclic) bond motifs is 7. The quantitative estimate of drug-likeness (QED) is 0.183. The van der Waals surface area contributed by atoms with Crippen LogP contribution in [0.15, 0.2) is 152 Å². The highest BCUT2D eigenvalue weighted by atomic mass is 15.0. The van der Waals surface area contributed by atoms with E-state index in [-0.39, 0.29) is 5.92 Å². The molecule has 4 heteroatoms. The largest absolute Gasteiger partial charge is 0.291 e. The molecule has 0 bridgehead atoms. The molecule has 2 aromatic heterocycles. The van der Waals surface area contributed by atoms with E-state index in [9.17, 15) is 10.5 Å².